The molecule has 2 aromatic rings. The minimum Gasteiger partial charge on any atom is -0.461 e. The number of hydrogen-bond acceptors (Lipinski definition) is 7. The quantitative estimate of drug-likeness (QED) is 0.325. The third-order valence-electron chi connectivity index (χ3n) is 5.60. The molecule has 0 spiro atoms. The van der Waals surface area contributed by atoms with Gasteiger partial charge >= 0.3 is 12.1 Å². The molecule has 2 atom stereocenters. The van der Waals surface area contributed by atoms with Gasteiger partial charge in [0.2, 0.25) is 11.8 Å². The molecule has 10 heteroatoms. The number of carbonyl (C=O) groups is 5. The number of likely N-dealkylation sites (N-methyl/N-ethyl adjacent to an activating group) is 2. The van der Waals surface area contributed by atoms with Crippen LogP contribution in [0.2, 0.25) is 0 Å². The van der Waals surface area contributed by atoms with Crippen LogP contribution < -0.4 is 5.32 Å². The van der Waals surface area contributed by atoms with E-state index in [1.54, 1.807) is 32.9 Å². The average molecular weight is 540 g/mol. The van der Waals surface area contributed by atoms with Crippen molar-refractivity contribution >= 4 is 30.2 Å². The van der Waals surface area contributed by atoms with Crippen LogP contribution in [0.3, 0.4) is 0 Å². The molecule has 0 aromatic heterocycles. The first-order valence-electron chi connectivity index (χ1n) is 12.6. The topological polar surface area (TPSA) is 122 Å². The van der Waals surface area contributed by atoms with E-state index in [1.807, 2.05) is 48.5 Å². The number of esters is 1. The molecule has 0 saturated heterocycles. The number of benzene rings is 2. The zero-order valence-corrected chi connectivity index (χ0v) is 23.1. The number of nitrogens with zero attached hydrogens (tertiary/aromatic N) is 2. The van der Waals surface area contributed by atoms with Crippen molar-refractivity contribution in [3.05, 3.63) is 71.8 Å². The summed E-state index contributed by atoms with van der Waals surface area (Å²) in [5.41, 5.74) is 0.849. The van der Waals surface area contributed by atoms with Crippen LogP contribution >= 0.6 is 0 Å². The molecule has 3 amide bonds. The lowest BCUT2D eigenvalue weighted by Crippen LogP contribution is -2.52. The predicted octanol–water partition coefficient (Wildman–Crippen LogP) is 2.74. The first kappa shape index (κ1) is 31.0. The van der Waals surface area contributed by atoms with Gasteiger partial charge in [-0.15, -0.1) is 0 Å². The standard InChI is InChI=1S/C29H37N3O7/c1-29(2,3)39-28(37)32(5)24(16-21-12-8-6-9-13-21)27(36)31(4)18-25(34)30-23(19-33)17-26(35)38-20-22-14-10-7-11-15-22/h6-15,19,23-24H,16-18,20H2,1-5H3,(H,30,34)/t23?,24-/m0/s1. The lowest BCUT2D eigenvalue weighted by molar-refractivity contribution is -0.146. The van der Waals surface area contributed by atoms with Crippen LogP contribution in [0.5, 0.6) is 0 Å². The molecule has 39 heavy (non-hydrogen) atoms. The number of carbonyl (C=O) groups excluding carboxylic acids is 5. The minimum absolute atomic E-state index is 0.0460. The SMILES string of the molecule is CN(CC(=O)NC(C=O)CC(=O)OCc1ccccc1)C(=O)[C@H](Cc1ccccc1)N(C)C(=O)OC(C)(C)C. The Morgan fingerprint density at radius 1 is 0.923 bits per heavy atom. The van der Waals surface area contributed by atoms with E-state index in [4.69, 9.17) is 9.47 Å². The Balaban J connectivity index is 2.00. The summed E-state index contributed by atoms with van der Waals surface area (Å²) < 4.78 is 10.6. The van der Waals surface area contributed by atoms with Crippen LogP contribution in [0.1, 0.15) is 38.3 Å². The minimum atomic E-state index is -1.12. The Morgan fingerprint density at radius 2 is 1.49 bits per heavy atom. The highest BCUT2D eigenvalue weighted by Gasteiger charge is 2.33. The van der Waals surface area contributed by atoms with Crippen molar-refractivity contribution in [2.45, 2.75) is 57.9 Å². The molecule has 2 rings (SSSR count). The molecule has 0 radical (unpaired) electrons. The molecule has 0 heterocycles. The lowest BCUT2D eigenvalue weighted by Gasteiger charge is -2.32. The van der Waals surface area contributed by atoms with Crippen LogP contribution in [0, 0.1) is 0 Å². The number of aldehydes is 1. The molecule has 210 valence electrons. The fourth-order valence-electron chi connectivity index (χ4n) is 3.60. The van der Waals surface area contributed by atoms with Gasteiger partial charge in [0.1, 0.15) is 24.5 Å². The molecule has 10 nitrogen and oxygen atoms in total. The van der Waals surface area contributed by atoms with Crippen molar-refractivity contribution < 1.29 is 33.4 Å². The summed E-state index contributed by atoms with van der Waals surface area (Å²) in [6.45, 7) is 4.83. The van der Waals surface area contributed by atoms with Crippen LogP contribution in [-0.2, 0) is 41.7 Å². The first-order chi connectivity index (χ1) is 18.4. The fraction of sp³-hybridized carbons (Fsp3) is 0.414. The number of nitrogens with one attached hydrogen (secondary N) is 1. The molecule has 0 bridgehead atoms. The van der Waals surface area contributed by atoms with E-state index in [-0.39, 0.29) is 19.4 Å². The summed E-state index contributed by atoms with van der Waals surface area (Å²) >= 11 is 0. The second-order valence-corrected chi connectivity index (χ2v) is 10.2. The molecule has 1 unspecified atom stereocenters. The van der Waals surface area contributed by atoms with Crippen molar-refractivity contribution in [2.24, 2.45) is 0 Å². The van der Waals surface area contributed by atoms with Gasteiger partial charge in [-0.2, -0.15) is 0 Å². The van der Waals surface area contributed by atoms with Gasteiger partial charge in [0.05, 0.1) is 19.0 Å². The molecular formula is C29H37N3O7. The molecule has 0 saturated carbocycles. The summed E-state index contributed by atoms with van der Waals surface area (Å²) in [7, 11) is 2.89. The second kappa shape index (κ2) is 14.7. The Labute approximate surface area is 229 Å². The van der Waals surface area contributed by atoms with Crippen molar-refractivity contribution in [1.82, 2.24) is 15.1 Å². The van der Waals surface area contributed by atoms with Gasteiger partial charge in [0.15, 0.2) is 0 Å². The van der Waals surface area contributed by atoms with Crippen molar-refractivity contribution in [2.75, 3.05) is 20.6 Å². The number of hydrogen-bond donors (Lipinski definition) is 1. The van der Waals surface area contributed by atoms with Gasteiger partial charge in [-0.05, 0) is 31.9 Å². The van der Waals surface area contributed by atoms with Crippen LogP contribution in [0.4, 0.5) is 4.79 Å². The Kier molecular flexibility index (Phi) is 11.7. The van der Waals surface area contributed by atoms with Crippen LogP contribution in [0.15, 0.2) is 60.7 Å². The smallest absolute Gasteiger partial charge is 0.410 e. The van der Waals surface area contributed by atoms with Crippen molar-refractivity contribution in [1.29, 1.82) is 0 Å². The summed E-state index contributed by atoms with van der Waals surface area (Å²) in [5.74, 6) is -1.79. The Hall–Kier alpha value is -4.21. The van der Waals surface area contributed by atoms with E-state index in [2.05, 4.69) is 5.32 Å². The third-order valence-corrected chi connectivity index (χ3v) is 5.60. The maximum absolute atomic E-state index is 13.4. The fourth-order valence-corrected chi connectivity index (χ4v) is 3.60. The highest BCUT2D eigenvalue weighted by Crippen LogP contribution is 2.15. The molecule has 0 fully saturated rings. The van der Waals surface area contributed by atoms with E-state index in [9.17, 15) is 24.0 Å². The molecule has 0 aliphatic carbocycles. The van der Waals surface area contributed by atoms with Gasteiger partial charge in [-0.3, -0.25) is 19.3 Å². The van der Waals surface area contributed by atoms with Crippen molar-refractivity contribution in [3.63, 3.8) is 0 Å². The molecule has 0 aliphatic rings. The third kappa shape index (κ3) is 11.0. The molecule has 0 aliphatic heterocycles. The van der Waals surface area contributed by atoms with Crippen molar-refractivity contribution in [3.8, 4) is 0 Å². The van der Waals surface area contributed by atoms with Crippen LogP contribution in [-0.4, -0.2) is 78.3 Å². The Morgan fingerprint density at radius 3 is 2.03 bits per heavy atom. The number of ether oxygens (including phenoxy) is 2. The van der Waals surface area contributed by atoms with E-state index in [0.717, 1.165) is 11.1 Å². The number of amides is 3. The first-order valence-corrected chi connectivity index (χ1v) is 12.6. The molecular weight excluding hydrogens is 502 g/mol. The van der Waals surface area contributed by atoms with Gasteiger partial charge in [0.25, 0.3) is 0 Å². The van der Waals surface area contributed by atoms with E-state index < -0.39 is 48.1 Å². The van der Waals surface area contributed by atoms with E-state index in [0.29, 0.717) is 6.29 Å². The summed E-state index contributed by atoms with van der Waals surface area (Å²) in [6, 6.07) is 16.1. The summed E-state index contributed by atoms with van der Waals surface area (Å²) in [4.78, 5) is 64.8. The lowest BCUT2D eigenvalue weighted by atomic mass is 10.0. The Bertz CT molecular complexity index is 1120. The normalized spacial score (nSPS) is 12.4. The molecule has 1 N–H and O–H groups in total. The molecule has 2 aromatic carbocycles. The van der Waals surface area contributed by atoms with Gasteiger partial charge in [-0.1, -0.05) is 60.7 Å². The van der Waals surface area contributed by atoms with E-state index in [1.165, 1.54) is 23.9 Å². The summed E-state index contributed by atoms with van der Waals surface area (Å²) in [6.07, 6.45) is -0.383. The maximum Gasteiger partial charge on any atom is 0.410 e. The van der Waals surface area contributed by atoms with E-state index >= 15 is 0 Å². The largest absolute Gasteiger partial charge is 0.461 e. The van der Waals surface area contributed by atoms with Gasteiger partial charge in [0, 0.05) is 20.5 Å². The number of rotatable bonds is 12. The highest BCUT2D eigenvalue weighted by atomic mass is 16.6. The monoisotopic (exact) mass is 539 g/mol. The summed E-state index contributed by atoms with van der Waals surface area (Å²) in [5, 5.41) is 2.45. The average Bonchev–Trinajstić information content (AvgIpc) is 2.89. The predicted molar refractivity (Wildman–Crippen MR) is 144 cm³/mol. The highest BCUT2D eigenvalue weighted by molar-refractivity contribution is 5.90. The maximum atomic E-state index is 13.4. The van der Waals surface area contributed by atoms with Gasteiger partial charge < -0.3 is 24.5 Å². The van der Waals surface area contributed by atoms with Crippen LogP contribution in [0.25, 0.3) is 0 Å². The zero-order valence-electron chi connectivity index (χ0n) is 23.1. The van der Waals surface area contributed by atoms with Gasteiger partial charge in [-0.25, -0.2) is 4.79 Å². The second-order valence-electron chi connectivity index (χ2n) is 10.2. The zero-order chi connectivity index (χ0) is 29.0.